The minimum absolute atomic E-state index is 0.00112. The summed E-state index contributed by atoms with van der Waals surface area (Å²) in [5.74, 6) is -4.73. The van der Waals surface area contributed by atoms with Gasteiger partial charge in [-0.15, -0.1) is 10.1 Å². The largest absolute Gasteiger partial charge is 0.380 e. The van der Waals surface area contributed by atoms with Crippen LogP contribution in [0.25, 0.3) is 0 Å². The molecule has 26 heavy (non-hydrogen) atoms. The molecule has 0 saturated carbocycles. The van der Waals surface area contributed by atoms with Crippen molar-refractivity contribution < 1.29 is 43.2 Å². The number of amides is 4. The van der Waals surface area contributed by atoms with Gasteiger partial charge in [-0.1, -0.05) is 0 Å². The highest BCUT2D eigenvalue weighted by molar-refractivity contribution is 6.02. The molecule has 1 unspecified atom stereocenters. The van der Waals surface area contributed by atoms with Crippen LogP contribution in [0.5, 0.6) is 0 Å². The molecular weight excluding hydrogens is 352 g/mol. The molecule has 4 amide bonds. The van der Waals surface area contributed by atoms with E-state index in [4.69, 9.17) is 9.57 Å². The predicted octanol–water partition coefficient (Wildman–Crippen LogP) is -0.756. The Balaban J connectivity index is 1.64. The van der Waals surface area contributed by atoms with Gasteiger partial charge in [0.2, 0.25) is 0 Å². The van der Waals surface area contributed by atoms with E-state index in [-0.39, 0.29) is 45.3 Å². The third kappa shape index (κ3) is 4.85. The van der Waals surface area contributed by atoms with E-state index < -0.39 is 41.5 Å². The number of carbonyl (C=O) groups is 6. The zero-order chi connectivity index (χ0) is 19.3. The first-order valence-corrected chi connectivity index (χ1v) is 8.01. The van der Waals surface area contributed by atoms with Crippen LogP contribution in [0.1, 0.15) is 39.0 Å². The molecule has 0 bridgehead atoms. The first-order valence-electron chi connectivity index (χ1n) is 8.01. The van der Waals surface area contributed by atoms with Gasteiger partial charge in [0.15, 0.2) is 0 Å². The summed E-state index contributed by atoms with van der Waals surface area (Å²) in [6.07, 6.45) is -0.224. The number of nitrogens with zero attached hydrogens (tertiary/aromatic N) is 2. The average molecular weight is 370 g/mol. The molecule has 2 saturated heterocycles. The first-order chi connectivity index (χ1) is 12.3. The highest BCUT2D eigenvalue weighted by Gasteiger charge is 2.34. The van der Waals surface area contributed by atoms with Crippen LogP contribution >= 0.6 is 0 Å². The molecular formula is C15H18N2O9. The van der Waals surface area contributed by atoms with E-state index in [0.717, 1.165) is 0 Å². The van der Waals surface area contributed by atoms with Gasteiger partial charge in [-0.05, 0) is 6.92 Å². The Hall–Kier alpha value is -2.82. The fourth-order valence-corrected chi connectivity index (χ4v) is 2.13. The summed E-state index contributed by atoms with van der Waals surface area (Å²) in [7, 11) is 0. The van der Waals surface area contributed by atoms with Gasteiger partial charge < -0.3 is 14.4 Å². The van der Waals surface area contributed by atoms with Crippen molar-refractivity contribution in [2.75, 3.05) is 13.2 Å². The second-order valence-electron chi connectivity index (χ2n) is 5.76. The maximum atomic E-state index is 11.8. The SMILES string of the molecule is CC(COCCC(=O)ON1C(=O)CCC1=O)C(=O)ON1C(=O)CCC1=O. The number of hydrogen-bond acceptors (Lipinski definition) is 9. The number of hydrogen-bond donors (Lipinski definition) is 0. The van der Waals surface area contributed by atoms with Crippen molar-refractivity contribution in [3.05, 3.63) is 0 Å². The molecule has 2 heterocycles. The van der Waals surface area contributed by atoms with Gasteiger partial charge in [-0.25, -0.2) is 9.59 Å². The smallest absolute Gasteiger partial charge is 0.338 e. The van der Waals surface area contributed by atoms with Gasteiger partial charge in [-0.3, -0.25) is 19.2 Å². The Kier molecular flexibility index (Phi) is 6.39. The molecule has 0 aliphatic carbocycles. The standard InChI is InChI=1S/C15H18N2O9/c1-9(15(23)26-17-12(20)4-5-13(17)21)8-24-7-6-14(22)25-16-10(18)2-3-11(16)19/h9H,2-8H2,1H3. The zero-order valence-corrected chi connectivity index (χ0v) is 14.1. The van der Waals surface area contributed by atoms with Crippen LogP contribution in [0.2, 0.25) is 0 Å². The van der Waals surface area contributed by atoms with E-state index in [9.17, 15) is 28.8 Å². The highest BCUT2D eigenvalue weighted by atomic mass is 16.7. The molecule has 0 aromatic heterocycles. The van der Waals surface area contributed by atoms with Crippen molar-refractivity contribution in [2.24, 2.45) is 5.92 Å². The van der Waals surface area contributed by atoms with Crippen molar-refractivity contribution in [1.29, 1.82) is 0 Å². The Labute approximate surface area is 148 Å². The fourth-order valence-electron chi connectivity index (χ4n) is 2.13. The van der Waals surface area contributed by atoms with E-state index in [1.165, 1.54) is 6.92 Å². The molecule has 2 rings (SSSR count). The zero-order valence-electron chi connectivity index (χ0n) is 14.1. The fraction of sp³-hybridized carbons (Fsp3) is 0.600. The summed E-state index contributed by atoms with van der Waals surface area (Å²) in [5, 5.41) is 0.882. The van der Waals surface area contributed by atoms with Gasteiger partial charge in [0.1, 0.15) is 0 Å². The number of imide groups is 2. The molecule has 0 aromatic rings. The maximum Gasteiger partial charge on any atom is 0.338 e. The molecule has 2 aliphatic rings. The van der Waals surface area contributed by atoms with Gasteiger partial charge >= 0.3 is 11.9 Å². The summed E-state index contributed by atoms with van der Waals surface area (Å²) in [4.78, 5) is 78.0. The molecule has 0 radical (unpaired) electrons. The third-order valence-corrected chi connectivity index (χ3v) is 3.61. The van der Waals surface area contributed by atoms with Crippen LogP contribution in [0.4, 0.5) is 0 Å². The number of ether oxygens (including phenoxy) is 1. The lowest BCUT2D eigenvalue weighted by atomic mass is 10.2. The third-order valence-electron chi connectivity index (χ3n) is 3.61. The molecule has 1 atom stereocenters. The summed E-state index contributed by atoms with van der Waals surface area (Å²) in [5.41, 5.74) is 0. The van der Waals surface area contributed by atoms with Crippen LogP contribution in [-0.2, 0) is 43.2 Å². The Morgan fingerprint density at radius 2 is 1.35 bits per heavy atom. The molecule has 0 N–H and O–H groups in total. The van der Waals surface area contributed by atoms with Crippen molar-refractivity contribution in [3.8, 4) is 0 Å². The molecule has 142 valence electrons. The van der Waals surface area contributed by atoms with Gasteiger partial charge in [0, 0.05) is 25.7 Å². The quantitative estimate of drug-likeness (QED) is 0.399. The first kappa shape index (κ1) is 19.5. The molecule has 11 nitrogen and oxygen atoms in total. The van der Waals surface area contributed by atoms with E-state index in [0.29, 0.717) is 10.1 Å². The van der Waals surface area contributed by atoms with Crippen LogP contribution < -0.4 is 0 Å². The molecule has 2 fully saturated rings. The second kappa shape index (κ2) is 8.52. The molecule has 2 aliphatic heterocycles. The van der Waals surface area contributed by atoms with Crippen molar-refractivity contribution in [1.82, 2.24) is 10.1 Å². The lowest BCUT2D eigenvalue weighted by Crippen LogP contribution is -2.35. The van der Waals surface area contributed by atoms with Crippen molar-refractivity contribution in [3.63, 3.8) is 0 Å². The van der Waals surface area contributed by atoms with E-state index in [1.54, 1.807) is 0 Å². The second-order valence-corrected chi connectivity index (χ2v) is 5.76. The minimum Gasteiger partial charge on any atom is -0.380 e. The highest BCUT2D eigenvalue weighted by Crippen LogP contribution is 2.14. The summed E-state index contributed by atoms with van der Waals surface area (Å²) in [6, 6.07) is 0. The average Bonchev–Trinajstić information content (AvgIpc) is 3.08. The minimum atomic E-state index is -0.822. The number of hydroxylamine groups is 4. The van der Waals surface area contributed by atoms with Crippen molar-refractivity contribution >= 4 is 35.6 Å². The lowest BCUT2D eigenvalue weighted by Gasteiger charge is -2.16. The van der Waals surface area contributed by atoms with E-state index in [2.05, 4.69) is 4.84 Å². The number of carbonyl (C=O) groups excluding carboxylic acids is 6. The van der Waals surface area contributed by atoms with E-state index >= 15 is 0 Å². The molecule has 11 heteroatoms. The van der Waals surface area contributed by atoms with Crippen LogP contribution in [0, 0.1) is 5.92 Å². The monoisotopic (exact) mass is 370 g/mol. The Bertz CT molecular complexity index is 613. The van der Waals surface area contributed by atoms with Crippen molar-refractivity contribution in [2.45, 2.75) is 39.0 Å². The number of rotatable bonds is 8. The van der Waals surface area contributed by atoms with Crippen LogP contribution in [-0.4, -0.2) is 58.9 Å². The summed E-state index contributed by atoms with van der Waals surface area (Å²) < 4.78 is 5.15. The molecule has 0 aromatic carbocycles. The summed E-state index contributed by atoms with van der Waals surface area (Å²) in [6.45, 7) is 1.23. The topological polar surface area (TPSA) is 137 Å². The van der Waals surface area contributed by atoms with Gasteiger partial charge in [0.05, 0.1) is 25.6 Å². The van der Waals surface area contributed by atoms with Gasteiger partial charge in [0.25, 0.3) is 23.6 Å². The van der Waals surface area contributed by atoms with Crippen LogP contribution in [0.15, 0.2) is 0 Å². The summed E-state index contributed by atoms with van der Waals surface area (Å²) >= 11 is 0. The van der Waals surface area contributed by atoms with Crippen LogP contribution in [0.3, 0.4) is 0 Å². The van der Waals surface area contributed by atoms with Gasteiger partial charge in [-0.2, -0.15) is 0 Å². The Morgan fingerprint density at radius 1 is 0.885 bits per heavy atom. The Morgan fingerprint density at radius 3 is 1.85 bits per heavy atom. The lowest BCUT2D eigenvalue weighted by molar-refractivity contribution is -0.201. The maximum absolute atomic E-state index is 11.8. The molecule has 0 spiro atoms. The van der Waals surface area contributed by atoms with E-state index in [1.807, 2.05) is 0 Å². The normalized spacial score (nSPS) is 18.5. The predicted molar refractivity (Wildman–Crippen MR) is 79.0 cm³/mol.